The largest absolute Gasteiger partial charge is 0.454 e. The summed E-state index contributed by atoms with van der Waals surface area (Å²) in [6, 6.07) is 13.1. The van der Waals surface area contributed by atoms with Crippen molar-refractivity contribution in [3.8, 4) is 0 Å². The summed E-state index contributed by atoms with van der Waals surface area (Å²) >= 11 is 0. The van der Waals surface area contributed by atoms with Crippen molar-refractivity contribution < 1.29 is 28.7 Å². The zero-order valence-electron chi connectivity index (χ0n) is 18.1. The lowest BCUT2D eigenvalue weighted by Crippen LogP contribution is -2.48. The van der Waals surface area contributed by atoms with Crippen LogP contribution in [-0.4, -0.2) is 60.9 Å². The molecule has 0 radical (unpaired) electrons. The molecule has 1 atom stereocenters. The summed E-state index contributed by atoms with van der Waals surface area (Å²) in [6.07, 6.45) is -0.871. The maximum absolute atomic E-state index is 12.3. The summed E-state index contributed by atoms with van der Waals surface area (Å²) < 4.78 is 10.5. The average Bonchev–Trinajstić information content (AvgIpc) is 2.79. The first-order valence-electron chi connectivity index (χ1n) is 10.4. The Bertz CT molecular complexity index is 985. The minimum atomic E-state index is -0.788. The Labute approximate surface area is 186 Å². The van der Waals surface area contributed by atoms with Crippen LogP contribution < -0.4 is 5.32 Å². The van der Waals surface area contributed by atoms with Gasteiger partial charge in [0.25, 0.3) is 5.91 Å². The molecule has 0 bridgehead atoms. The van der Waals surface area contributed by atoms with Crippen LogP contribution in [0.3, 0.4) is 0 Å². The van der Waals surface area contributed by atoms with Crippen LogP contribution in [0.5, 0.6) is 0 Å². The number of carbonyl (C=O) groups excluding carboxylic acids is 4. The zero-order chi connectivity index (χ0) is 23.1. The number of hydrogen-bond donors (Lipinski definition) is 1. The highest BCUT2D eigenvalue weighted by molar-refractivity contribution is 5.99. The molecule has 1 saturated heterocycles. The summed E-state index contributed by atoms with van der Waals surface area (Å²) in [5.41, 5.74) is 2.23. The molecule has 2 aromatic rings. The van der Waals surface area contributed by atoms with Crippen LogP contribution in [0.1, 0.15) is 39.6 Å². The number of carbonyl (C=O) groups is 4. The van der Waals surface area contributed by atoms with E-state index < -0.39 is 12.1 Å². The molecule has 3 rings (SSSR count). The number of likely N-dealkylation sites (N-methyl/N-ethyl adjacent to an activating group) is 1. The van der Waals surface area contributed by atoms with Gasteiger partial charge in [-0.3, -0.25) is 14.4 Å². The lowest BCUT2D eigenvalue weighted by atomic mass is 10.1. The molecule has 168 valence electrons. The number of amides is 2. The van der Waals surface area contributed by atoms with Gasteiger partial charge < -0.3 is 19.7 Å². The van der Waals surface area contributed by atoms with Crippen LogP contribution in [0.4, 0.5) is 5.69 Å². The van der Waals surface area contributed by atoms with Crippen LogP contribution in [-0.2, 0) is 19.1 Å². The second-order valence-electron chi connectivity index (χ2n) is 7.47. The van der Waals surface area contributed by atoms with Crippen molar-refractivity contribution >= 4 is 29.3 Å². The number of Topliss-reactive ketones (excluding diaryl/α,β-unsaturated/α-hetero) is 1. The highest BCUT2D eigenvalue weighted by atomic mass is 16.5. The van der Waals surface area contributed by atoms with Crippen molar-refractivity contribution in [1.82, 2.24) is 4.90 Å². The number of aryl methyl sites for hydroxylation is 1. The van der Waals surface area contributed by atoms with E-state index in [1.807, 2.05) is 26.0 Å². The van der Waals surface area contributed by atoms with E-state index in [2.05, 4.69) is 5.32 Å². The second-order valence-corrected chi connectivity index (χ2v) is 7.47. The predicted octanol–water partition coefficient (Wildman–Crippen LogP) is 2.61. The van der Waals surface area contributed by atoms with E-state index in [4.69, 9.17) is 9.47 Å². The average molecular weight is 438 g/mol. The van der Waals surface area contributed by atoms with Gasteiger partial charge in [0, 0.05) is 24.3 Å². The van der Waals surface area contributed by atoms with E-state index in [0.29, 0.717) is 30.9 Å². The minimum Gasteiger partial charge on any atom is -0.454 e. The summed E-state index contributed by atoms with van der Waals surface area (Å²) in [4.78, 5) is 50.5. The Kier molecular flexibility index (Phi) is 7.72. The van der Waals surface area contributed by atoms with Crippen molar-refractivity contribution in [2.75, 3.05) is 31.6 Å². The fourth-order valence-corrected chi connectivity index (χ4v) is 3.26. The number of morpholine rings is 1. The number of nitrogens with zero attached hydrogens (tertiary/aromatic N) is 1. The number of benzene rings is 2. The minimum absolute atomic E-state index is 0.0831. The van der Waals surface area contributed by atoms with Crippen molar-refractivity contribution in [2.24, 2.45) is 0 Å². The van der Waals surface area contributed by atoms with Gasteiger partial charge in [-0.1, -0.05) is 29.8 Å². The third kappa shape index (κ3) is 6.01. The van der Waals surface area contributed by atoms with Gasteiger partial charge in [-0.15, -0.1) is 0 Å². The monoisotopic (exact) mass is 438 g/mol. The lowest BCUT2D eigenvalue weighted by molar-refractivity contribution is -0.154. The molecule has 0 saturated carbocycles. The molecule has 1 unspecified atom stereocenters. The molecule has 0 aliphatic carbocycles. The molecule has 2 amide bonds. The number of rotatable bonds is 8. The van der Waals surface area contributed by atoms with Crippen LogP contribution >= 0.6 is 0 Å². The molecule has 0 spiro atoms. The Morgan fingerprint density at radius 3 is 2.38 bits per heavy atom. The summed E-state index contributed by atoms with van der Waals surface area (Å²) in [5, 5.41) is 2.69. The first-order chi connectivity index (χ1) is 15.4. The van der Waals surface area contributed by atoms with E-state index in [-0.39, 0.29) is 36.2 Å². The number of nitrogens with one attached hydrogen (secondary N) is 1. The smallest absolute Gasteiger partial charge is 0.338 e. The van der Waals surface area contributed by atoms with Crippen molar-refractivity contribution in [3.63, 3.8) is 0 Å². The molecule has 1 N–H and O–H groups in total. The molecular weight excluding hydrogens is 412 g/mol. The Morgan fingerprint density at radius 1 is 1.06 bits per heavy atom. The van der Waals surface area contributed by atoms with E-state index in [1.165, 1.54) is 12.1 Å². The van der Waals surface area contributed by atoms with Crippen LogP contribution in [0.15, 0.2) is 48.5 Å². The maximum Gasteiger partial charge on any atom is 0.338 e. The maximum atomic E-state index is 12.3. The molecule has 32 heavy (non-hydrogen) atoms. The van der Waals surface area contributed by atoms with E-state index in [9.17, 15) is 19.2 Å². The van der Waals surface area contributed by atoms with Crippen molar-refractivity contribution in [2.45, 2.75) is 26.4 Å². The number of anilines is 1. The van der Waals surface area contributed by atoms with E-state index >= 15 is 0 Å². The molecule has 0 aromatic heterocycles. The molecule has 1 fully saturated rings. The predicted molar refractivity (Wildman–Crippen MR) is 117 cm³/mol. The van der Waals surface area contributed by atoms with Gasteiger partial charge in [0.15, 0.2) is 12.4 Å². The van der Waals surface area contributed by atoms with Gasteiger partial charge in [-0.25, -0.2) is 4.79 Å². The second kappa shape index (κ2) is 10.7. The SMILES string of the molecule is CCN1CCOC(CC(=O)Nc2ccc(C(=O)OCC(=O)c3ccc(C)cc3)cc2)C1=O. The van der Waals surface area contributed by atoms with Gasteiger partial charge >= 0.3 is 5.97 Å². The van der Waals surface area contributed by atoms with Gasteiger partial charge in [0.2, 0.25) is 5.91 Å². The molecule has 1 heterocycles. The van der Waals surface area contributed by atoms with Crippen molar-refractivity contribution in [3.05, 3.63) is 65.2 Å². The standard InChI is InChI=1S/C24H26N2O6/c1-3-26-12-13-31-21(23(26)29)14-22(28)25-19-10-8-18(9-11-19)24(30)32-15-20(27)17-6-4-16(2)5-7-17/h4-11,21H,3,12-15H2,1-2H3,(H,25,28). The third-order valence-electron chi connectivity index (χ3n) is 5.13. The molecule has 8 nitrogen and oxygen atoms in total. The van der Waals surface area contributed by atoms with Crippen LogP contribution in [0.25, 0.3) is 0 Å². The van der Waals surface area contributed by atoms with E-state index in [0.717, 1.165) is 5.56 Å². The van der Waals surface area contributed by atoms with E-state index in [1.54, 1.807) is 29.2 Å². The number of ether oxygens (including phenoxy) is 2. The number of hydrogen-bond acceptors (Lipinski definition) is 6. The molecular formula is C24H26N2O6. The zero-order valence-corrected chi connectivity index (χ0v) is 18.1. The van der Waals surface area contributed by atoms with Crippen molar-refractivity contribution in [1.29, 1.82) is 0 Å². The van der Waals surface area contributed by atoms with Gasteiger partial charge in [0.05, 0.1) is 18.6 Å². The number of ketones is 1. The van der Waals surface area contributed by atoms with Crippen LogP contribution in [0.2, 0.25) is 0 Å². The van der Waals surface area contributed by atoms with Gasteiger partial charge in [0.1, 0.15) is 6.10 Å². The van der Waals surface area contributed by atoms with Crippen LogP contribution in [0, 0.1) is 6.92 Å². The summed E-state index contributed by atoms with van der Waals surface area (Å²) in [7, 11) is 0. The quantitative estimate of drug-likeness (QED) is 0.502. The van der Waals surface area contributed by atoms with Gasteiger partial charge in [-0.05, 0) is 38.1 Å². The lowest BCUT2D eigenvalue weighted by Gasteiger charge is -2.31. The molecule has 1 aliphatic heterocycles. The Hall–Kier alpha value is -3.52. The first kappa shape index (κ1) is 23.1. The summed E-state index contributed by atoms with van der Waals surface area (Å²) in [5.74, 6) is -1.47. The highest BCUT2D eigenvalue weighted by Gasteiger charge is 2.30. The normalized spacial score (nSPS) is 15.9. The first-order valence-corrected chi connectivity index (χ1v) is 10.4. The Balaban J connectivity index is 1.49. The molecule has 1 aliphatic rings. The highest BCUT2D eigenvalue weighted by Crippen LogP contribution is 2.15. The fourth-order valence-electron chi connectivity index (χ4n) is 3.26. The molecule has 2 aromatic carbocycles. The molecule has 8 heteroatoms. The Morgan fingerprint density at radius 2 is 1.72 bits per heavy atom. The fraction of sp³-hybridized carbons (Fsp3) is 0.333. The number of esters is 1. The third-order valence-corrected chi connectivity index (χ3v) is 5.13. The topological polar surface area (TPSA) is 102 Å². The van der Waals surface area contributed by atoms with Gasteiger partial charge in [-0.2, -0.15) is 0 Å². The summed E-state index contributed by atoms with van der Waals surface area (Å²) in [6.45, 7) is 4.95.